The van der Waals surface area contributed by atoms with Crippen LogP contribution in [-0.4, -0.2) is 12.1 Å². The Morgan fingerprint density at radius 2 is 2.00 bits per heavy atom. The zero-order valence-corrected chi connectivity index (χ0v) is 14.0. The average Bonchev–Trinajstić information content (AvgIpc) is 2.28. The van der Waals surface area contributed by atoms with E-state index in [1.54, 1.807) is 12.1 Å². The van der Waals surface area contributed by atoms with Crippen molar-refractivity contribution in [1.82, 2.24) is 5.32 Å². The molecular weight excluding hydrogens is 305 g/mol. The number of benzene rings is 1. The Morgan fingerprint density at radius 3 is 2.53 bits per heavy atom. The van der Waals surface area contributed by atoms with Gasteiger partial charge in [0.2, 0.25) is 0 Å². The lowest BCUT2D eigenvalue weighted by Crippen LogP contribution is -2.39. The SMILES string of the molecule is CCCC(CNC(C)(C)C)Cc1ccc(F)cc1Br. The van der Waals surface area contributed by atoms with Crippen LogP contribution in [0.4, 0.5) is 4.39 Å². The van der Waals surface area contributed by atoms with Crippen LogP contribution in [0.3, 0.4) is 0 Å². The predicted molar refractivity (Wildman–Crippen MR) is 84.0 cm³/mol. The fourth-order valence-electron chi connectivity index (χ4n) is 2.13. The van der Waals surface area contributed by atoms with E-state index < -0.39 is 0 Å². The van der Waals surface area contributed by atoms with Crippen molar-refractivity contribution in [2.75, 3.05) is 6.54 Å². The van der Waals surface area contributed by atoms with Crippen LogP contribution >= 0.6 is 15.9 Å². The fraction of sp³-hybridized carbons (Fsp3) is 0.625. The second kappa shape index (κ2) is 7.39. The van der Waals surface area contributed by atoms with Gasteiger partial charge in [0.05, 0.1) is 0 Å². The zero-order valence-electron chi connectivity index (χ0n) is 12.4. The Balaban J connectivity index is 2.67. The molecule has 0 amide bonds. The second-order valence-electron chi connectivity index (χ2n) is 6.23. The first-order valence-electron chi connectivity index (χ1n) is 7.00. The lowest BCUT2D eigenvalue weighted by Gasteiger charge is -2.25. The smallest absolute Gasteiger partial charge is 0.124 e. The molecular formula is C16H25BrFN. The molecule has 0 bridgehead atoms. The van der Waals surface area contributed by atoms with Crippen LogP contribution in [0.25, 0.3) is 0 Å². The number of hydrogen-bond donors (Lipinski definition) is 1. The second-order valence-corrected chi connectivity index (χ2v) is 7.08. The van der Waals surface area contributed by atoms with Gasteiger partial charge in [-0.25, -0.2) is 4.39 Å². The molecule has 0 spiro atoms. The van der Waals surface area contributed by atoms with E-state index in [4.69, 9.17) is 0 Å². The van der Waals surface area contributed by atoms with Crippen LogP contribution in [0, 0.1) is 11.7 Å². The van der Waals surface area contributed by atoms with Crippen molar-refractivity contribution in [3.63, 3.8) is 0 Å². The normalized spacial score (nSPS) is 13.6. The molecule has 1 N–H and O–H groups in total. The highest BCUT2D eigenvalue weighted by Gasteiger charge is 2.15. The molecule has 1 rings (SSSR count). The lowest BCUT2D eigenvalue weighted by molar-refractivity contribution is 0.354. The van der Waals surface area contributed by atoms with Gasteiger partial charge in [-0.1, -0.05) is 35.3 Å². The van der Waals surface area contributed by atoms with Crippen molar-refractivity contribution in [2.24, 2.45) is 5.92 Å². The molecule has 1 aromatic carbocycles. The summed E-state index contributed by atoms with van der Waals surface area (Å²) in [5.74, 6) is 0.404. The molecule has 1 aromatic rings. The molecule has 0 aliphatic carbocycles. The van der Waals surface area contributed by atoms with Crippen molar-refractivity contribution in [2.45, 2.75) is 52.5 Å². The van der Waals surface area contributed by atoms with Crippen LogP contribution in [0.1, 0.15) is 46.1 Å². The van der Waals surface area contributed by atoms with E-state index in [9.17, 15) is 4.39 Å². The number of hydrogen-bond acceptors (Lipinski definition) is 1. The van der Waals surface area contributed by atoms with Gasteiger partial charge in [-0.2, -0.15) is 0 Å². The lowest BCUT2D eigenvalue weighted by atomic mass is 9.94. The molecule has 0 saturated carbocycles. The Kier molecular flexibility index (Phi) is 6.48. The van der Waals surface area contributed by atoms with E-state index >= 15 is 0 Å². The monoisotopic (exact) mass is 329 g/mol. The highest BCUT2D eigenvalue weighted by Crippen LogP contribution is 2.23. The first-order chi connectivity index (χ1) is 8.81. The third-order valence-electron chi connectivity index (χ3n) is 3.14. The average molecular weight is 330 g/mol. The molecule has 1 unspecified atom stereocenters. The van der Waals surface area contributed by atoms with Gasteiger partial charge >= 0.3 is 0 Å². The van der Waals surface area contributed by atoms with Gasteiger partial charge in [-0.3, -0.25) is 0 Å². The zero-order chi connectivity index (χ0) is 14.5. The summed E-state index contributed by atoms with van der Waals surface area (Å²) >= 11 is 3.46. The summed E-state index contributed by atoms with van der Waals surface area (Å²) in [6.45, 7) is 9.77. The summed E-state index contributed by atoms with van der Waals surface area (Å²) in [5.41, 5.74) is 1.34. The first kappa shape index (κ1) is 16.6. The Bertz CT molecular complexity index is 398. The molecule has 0 heterocycles. The summed E-state index contributed by atoms with van der Waals surface area (Å²) in [6.07, 6.45) is 3.35. The van der Waals surface area contributed by atoms with E-state index in [1.165, 1.54) is 18.4 Å². The Morgan fingerprint density at radius 1 is 1.32 bits per heavy atom. The molecule has 0 aliphatic heterocycles. The molecule has 0 aromatic heterocycles. The summed E-state index contributed by atoms with van der Waals surface area (Å²) in [7, 11) is 0. The number of halogens is 2. The van der Waals surface area contributed by atoms with Crippen LogP contribution in [-0.2, 0) is 6.42 Å². The topological polar surface area (TPSA) is 12.0 Å². The molecule has 0 saturated heterocycles. The molecule has 0 radical (unpaired) electrons. The van der Waals surface area contributed by atoms with Gasteiger partial charge in [-0.05, 0) is 63.8 Å². The van der Waals surface area contributed by atoms with Crippen LogP contribution in [0.15, 0.2) is 22.7 Å². The minimum Gasteiger partial charge on any atom is -0.312 e. The van der Waals surface area contributed by atoms with Gasteiger partial charge in [0.1, 0.15) is 5.82 Å². The molecule has 0 aliphatic rings. The minimum absolute atomic E-state index is 0.145. The molecule has 3 heteroatoms. The third-order valence-corrected chi connectivity index (χ3v) is 3.88. The third kappa shape index (κ3) is 6.53. The Hall–Kier alpha value is -0.410. The van der Waals surface area contributed by atoms with Gasteiger partial charge in [0.25, 0.3) is 0 Å². The maximum Gasteiger partial charge on any atom is 0.124 e. The van der Waals surface area contributed by atoms with E-state index in [1.807, 2.05) is 6.07 Å². The van der Waals surface area contributed by atoms with Crippen LogP contribution in [0.2, 0.25) is 0 Å². The van der Waals surface area contributed by atoms with E-state index in [0.717, 1.165) is 17.4 Å². The van der Waals surface area contributed by atoms with Crippen molar-refractivity contribution in [1.29, 1.82) is 0 Å². The van der Waals surface area contributed by atoms with E-state index in [2.05, 4.69) is 48.9 Å². The van der Waals surface area contributed by atoms with Gasteiger partial charge in [-0.15, -0.1) is 0 Å². The highest BCUT2D eigenvalue weighted by molar-refractivity contribution is 9.10. The van der Waals surface area contributed by atoms with Gasteiger partial charge in [0.15, 0.2) is 0 Å². The largest absolute Gasteiger partial charge is 0.312 e. The maximum atomic E-state index is 13.1. The Labute approximate surface area is 125 Å². The van der Waals surface area contributed by atoms with Crippen molar-refractivity contribution >= 4 is 15.9 Å². The van der Waals surface area contributed by atoms with Crippen molar-refractivity contribution < 1.29 is 4.39 Å². The fourth-order valence-corrected chi connectivity index (χ4v) is 2.65. The number of rotatable bonds is 6. The summed E-state index contributed by atoms with van der Waals surface area (Å²) in [5, 5.41) is 3.57. The molecule has 19 heavy (non-hydrogen) atoms. The molecule has 1 nitrogen and oxygen atoms in total. The number of nitrogens with one attached hydrogen (secondary N) is 1. The van der Waals surface area contributed by atoms with Crippen molar-refractivity contribution in [3.05, 3.63) is 34.1 Å². The van der Waals surface area contributed by atoms with Gasteiger partial charge < -0.3 is 5.32 Å². The minimum atomic E-state index is -0.185. The first-order valence-corrected chi connectivity index (χ1v) is 7.80. The molecule has 108 valence electrons. The quantitative estimate of drug-likeness (QED) is 0.779. The summed E-state index contributed by atoms with van der Waals surface area (Å²) < 4.78 is 14.0. The standard InChI is InChI=1S/C16H25BrFN/c1-5-6-12(11-19-16(2,3)4)9-13-7-8-14(18)10-15(13)17/h7-8,10,12,19H,5-6,9,11H2,1-4H3. The summed E-state index contributed by atoms with van der Waals surface area (Å²) in [4.78, 5) is 0. The van der Waals surface area contributed by atoms with Gasteiger partial charge in [0, 0.05) is 10.0 Å². The summed E-state index contributed by atoms with van der Waals surface area (Å²) in [6, 6.07) is 4.98. The maximum absolute atomic E-state index is 13.1. The molecule has 1 atom stereocenters. The van der Waals surface area contributed by atoms with Crippen LogP contribution in [0.5, 0.6) is 0 Å². The molecule has 0 fully saturated rings. The van der Waals surface area contributed by atoms with E-state index in [-0.39, 0.29) is 11.4 Å². The highest BCUT2D eigenvalue weighted by atomic mass is 79.9. The predicted octanol–water partition coefficient (Wildman–Crippen LogP) is 4.94. The van der Waals surface area contributed by atoms with Crippen molar-refractivity contribution in [3.8, 4) is 0 Å². The van der Waals surface area contributed by atoms with E-state index in [0.29, 0.717) is 5.92 Å². The van der Waals surface area contributed by atoms with Crippen LogP contribution < -0.4 is 5.32 Å².